The molecule has 0 saturated heterocycles. The molecule has 1 heterocycles. The molecule has 0 aromatic carbocycles. The molecule has 0 bridgehead atoms. The Morgan fingerprint density at radius 1 is 0.750 bits per heavy atom. The van der Waals surface area contributed by atoms with E-state index in [1.54, 1.807) is 24.3 Å². The second kappa shape index (κ2) is 7.23. The summed E-state index contributed by atoms with van der Waals surface area (Å²) < 4.78 is 9.50. The van der Waals surface area contributed by atoms with Crippen molar-refractivity contribution >= 4 is 11.9 Å². The molecule has 1 aliphatic rings. The van der Waals surface area contributed by atoms with E-state index in [1.807, 2.05) is 0 Å². The lowest BCUT2D eigenvalue weighted by Gasteiger charge is -1.95. The third-order valence-corrected chi connectivity index (χ3v) is 1.62. The van der Waals surface area contributed by atoms with Gasteiger partial charge in [0.05, 0.1) is 25.4 Å². The van der Waals surface area contributed by atoms with E-state index in [0.29, 0.717) is 0 Å². The number of carbonyl (C=O) groups is 2. The first kappa shape index (κ1) is 12.0. The molecule has 4 nitrogen and oxygen atoms in total. The molecule has 0 aromatic rings. The molecule has 4 heteroatoms. The molecule has 16 heavy (non-hydrogen) atoms. The zero-order valence-electron chi connectivity index (χ0n) is 8.67. The van der Waals surface area contributed by atoms with E-state index in [9.17, 15) is 9.59 Å². The van der Waals surface area contributed by atoms with Gasteiger partial charge in [0.1, 0.15) is 0 Å². The van der Waals surface area contributed by atoms with Gasteiger partial charge in [-0.25, -0.2) is 0 Å². The van der Waals surface area contributed by atoms with Crippen LogP contribution in [0, 0.1) is 0 Å². The summed E-state index contributed by atoms with van der Waals surface area (Å²) in [5.74, 6) is -0.688. The highest BCUT2D eigenvalue weighted by atomic mass is 16.5. The molecular weight excluding hydrogens is 208 g/mol. The van der Waals surface area contributed by atoms with Crippen LogP contribution in [0.2, 0.25) is 0 Å². The molecule has 0 fully saturated rings. The maximum atomic E-state index is 11.0. The van der Waals surface area contributed by atoms with Crippen LogP contribution in [0.5, 0.6) is 0 Å². The SMILES string of the molecule is O=C1C/C=C\C=C/OC(=O)C/C=C\C=C/O1. The molecular formula is C12H12O4. The number of esters is 2. The van der Waals surface area contributed by atoms with E-state index < -0.39 is 0 Å². The number of hydrogen-bond acceptors (Lipinski definition) is 4. The Hall–Kier alpha value is -2.10. The van der Waals surface area contributed by atoms with Gasteiger partial charge in [0.25, 0.3) is 0 Å². The summed E-state index contributed by atoms with van der Waals surface area (Å²) in [7, 11) is 0. The molecule has 0 aliphatic carbocycles. The molecule has 0 radical (unpaired) electrons. The molecule has 0 N–H and O–H groups in total. The van der Waals surface area contributed by atoms with Gasteiger partial charge in [-0.05, 0) is 12.2 Å². The van der Waals surface area contributed by atoms with Gasteiger partial charge in [0, 0.05) is 0 Å². The third-order valence-electron chi connectivity index (χ3n) is 1.62. The zero-order valence-corrected chi connectivity index (χ0v) is 8.67. The first-order chi connectivity index (χ1) is 7.79. The normalized spacial score (nSPS) is 25.8. The van der Waals surface area contributed by atoms with Crippen LogP contribution in [-0.2, 0) is 19.1 Å². The highest BCUT2D eigenvalue weighted by molar-refractivity contribution is 5.72. The van der Waals surface area contributed by atoms with Crippen LogP contribution in [0.4, 0.5) is 0 Å². The number of rotatable bonds is 0. The van der Waals surface area contributed by atoms with Crippen molar-refractivity contribution in [2.75, 3.05) is 0 Å². The summed E-state index contributed by atoms with van der Waals surface area (Å²) in [6.07, 6.45) is 12.4. The standard InChI is InChI=1S/C12H12O4/c13-11-7-3-1-5-9-15-12(14)8-4-2-6-10-16-11/h1-6,9-10H,7-8H2/b3-1-,4-2-,9-5-,10-6-. The van der Waals surface area contributed by atoms with Crippen molar-refractivity contribution in [1.82, 2.24) is 0 Å². The monoisotopic (exact) mass is 220 g/mol. The van der Waals surface area contributed by atoms with E-state index in [1.165, 1.54) is 24.7 Å². The van der Waals surface area contributed by atoms with E-state index in [2.05, 4.69) is 0 Å². The Balaban J connectivity index is 2.59. The number of ether oxygens (including phenoxy) is 2. The Morgan fingerprint density at radius 3 is 1.62 bits per heavy atom. The average Bonchev–Trinajstić information content (AvgIpc) is 2.27. The number of hydrogen-bond donors (Lipinski definition) is 0. The topological polar surface area (TPSA) is 52.6 Å². The molecule has 0 saturated carbocycles. The third kappa shape index (κ3) is 5.59. The van der Waals surface area contributed by atoms with Crippen molar-refractivity contribution in [2.24, 2.45) is 0 Å². The van der Waals surface area contributed by atoms with Gasteiger partial charge in [-0.1, -0.05) is 24.3 Å². The Bertz CT molecular complexity index is 293. The molecule has 0 amide bonds. The fraction of sp³-hybridized carbons (Fsp3) is 0.167. The maximum Gasteiger partial charge on any atom is 0.314 e. The Kier molecular flexibility index (Phi) is 5.41. The largest absolute Gasteiger partial charge is 0.434 e. The van der Waals surface area contributed by atoms with Crippen LogP contribution in [0.1, 0.15) is 12.8 Å². The van der Waals surface area contributed by atoms with Crippen molar-refractivity contribution in [3.8, 4) is 0 Å². The molecule has 1 rings (SSSR count). The van der Waals surface area contributed by atoms with Crippen LogP contribution >= 0.6 is 0 Å². The Morgan fingerprint density at radius 2 is 1.19 bits per heavy atom. The van der Waals surface area contributed by atoms with Crippen molar-refractivity contribution in [3.05, 3.63) is 49.0 Å². The average molecular weight is 220 g/mol. The smallest absolute Gasteiger partial charge is 0.314 e. The minimum atomic E-state index is -0.344. The van der Waals surface area contributed by atoms with Crippen LogP contribution in [0.25, 0.3) is 0 Å². The highest BCUT2D eigenvalue weighted by Crippen LogP contribution is 1.95. The van der Waals surface area contributed by atoms with Gasteiger partial charge < -0.3 is 9.47 Å². The highest BCUT2D eigenvalue weighted by Gasteiger charge is 1.96. The minimum absolute atomic E-state index is 0.173. The lowest BCUT2D eigenvalue weighted by atomic mass is 10.3. The van der Waals surface area contributed by atoms with E-state index in [0.717, 1.165) is 0 Å². The number of cyclic esters (lactones) is 2. The second-order valence-corrected chi connectivity index (χ2v) is 2.90. The zero-order chi connectivity index (χ0) is 11.6. The van der Waals surface area contributed by atoms with Crippen LogP contribution < -0.4 is 0 Å². The Labute approximate surface area is 93.5 Å². The molecule has 0 atom stereocenters. The number of allylic oxidation sites excluding steroid dienone is 4. The van der Waals surface area contributed by atoms with Gasteiger partial charge in [0.2, 0.25) is 0 Å². The van der Waals surface area contributed by atoms with Crippen LogP contribution in [0.15, 0.2) is 49.0 Å². The summed E-state index contributed by atoms with van der Waals surface area (Å²) in [6.45, 7) is 0. The van der Waals surface area contributed by atoms with Crippen molar-refractivity contribution in [2.45, 2.75) is 12.8 Å². The summed E-state index contributed by atoms with van der Waals surface area (Å²) >= 11 is 0. The second-order valence-electron chi connectivity index (χ2n) is 2.90. The first-order valence-electron chi connectivity index (χ1n) is 4.81. The van der Waals surface area contributed by atoms with Crippen molar-refractivity contribution < 1.29 is 19.1 Å². The lowest BCUT2D eigenvalue weighted by Crippen LogP contribution is -1.97. The van der Waals surface area contributed by atoms with Gasteiger partial charge >= 0.3 is 11.9 Å². The van der Waals surface area contributed by atoms with Crippen molar-refractivity contribution in [3.63, 3.8) is 0 Å². The molecule has 0 spiro atoms. The van der Waals surface area contributed by atoms with E-state index in [4.69, 9.17) is 9.47 Å². The van der Waals surface area contributed by atoms with Gasteiger partial charge in [-0.15, -0.1) is 0 Å². The summed E-state index contributed by atoms with van der Waals surface area (Å²) in [5.41, 5.74) is 0. The maximum absolute atomic E-state index is 11.0. The van der Waals surface area contributed by atoms with Gasteiger partial charge in [-0.3, -0.25) is 9.59 Å². The fourth-order valence-corrected chi connectivity index (χ4v) is 0.903. The predicted octanol–water partition coefficient (Wildman–Crippen LogP) is 2.01. The molecule has 84 valence electrons. The minimum Gasteiger partial charge on any atom is -0.434 e. The lowest BCUT2D eigenvalue weighted by molar-refractivity contribution is -0.138. The van der Waals surface area contributed by atoms with E-state index in [-0.39, 0.29) is 24.8 Å². The van der Waals surface area contributed by atoms with Crippen molar-refractivity contribution in [1.29, 1.82) is 0 Å². The van der Waals surface area contributed by atoms with Gasteiger partial charge in [0.15, 0.2) is 0 Å². The fourth-order valence-electron chi connectivity index (χ4n) is 0.903. The summed E-state index contributed by atoms with van der Waals surface area (Å²) in [5, 5.41) is 0. The molecule has 1 aliphatic heterocycles. The first-order valence-corrected chi connectivity index (χ1v) is 4.81. The summed E-state index contributed by atoms with van der Waals surface area (Å²) in [4.78, 5) is 22.1. The van der Waals surface area contributed by atoms with E-state index >= 15 is 0 Å². The predicted molar refractivity (Wildman–Crippen MR) is 58.0 cm³/mol. The molecule has 0 unspecified atom stereocenters. The number of carbonyl (C=O) groups excluding carboxylic acids is 2. The molecule has 0 aromatic heterocycles. The quantitative estimate of drug-likeness (QED) is 0.586. The van der Waals surface area contributed by atoms with Crippen LogP contribution in [-0.4, -0.2) is 11.9 Å². The summed E-state index contributed by atoms with van der Waals surface area (Å²) in [6, 6.07) is 0. The van der Waals surface area contributed by atoms with Gasteiger partial charge in [-0.2, -0.15) is 0 Å². The van der Waals surface area contributed by atoms with Crippen LogP contribution in [0.3, 0.4) is 0 Å².